The molecule has 0 saturated carbocycles. The van der Waals surface area contributed by atoms with Gasteiger partial charge in [-0.15, -0.1) is 0 Å². The molecular weight excluding hydrogens is 290 g/mol. The lowest BCUT2D eigenvalue weighted by Gasteiger charge is -2.34. The molecule has 1 aliphatic carbocycles. The number of fused-ring (bicyclic) bond motifs is 1. The second-order valence-corrected chi connectivity index (χ2v) is 6.43. The Balaban J connectivity index is 1.60. The minimum atomic E-state index is 0.0273. The van der Waals surface area contributed by atoms with Crippen LogP contribution in [0.4, 0.5) is 0 Å². The predicted octanol–water partition coefficient (Wildman–Crippen LogP) is 1.07. The van der Waals surface area contributed by atoms with Crippen LogP contribution in [0.5, 0.6) is 0 Å². The predicted molar refractivity (Wildman–Crippen MR) is 89.5 cm³/mol. The number of aryl methyl sites for hydroxylation is 2. The lowest BCUT2D eigenvalue weighted by Crippen LogP contribution is -2.50. The normalized spacial score (nSPS) is 18.4. The molecule has 0 spiro atoms. The van der Waals surface area contributed by atoms with Gasteiger partial charge in [0.05, 0.1) is 6.54 Å². The highest BCUT2D eigenvalue weighted by atomic mass is 16.2. The van der Waals surface area contributed by atoms with Gasteiger partial charge in [0.25, 0.3) is 5.91 Å². The summed E-state index contributed by atoms with van der Waals surface area (Å²) in [6, 6.07) is 6.20. The molecule has 1 saturated heterocycles. The molecule has 1 aromatic rings. The van der Waals surface area contributed by atoms with Crippen molar-refractivity contribution in [2.24, 2.45) is 0 Å². The molecule has 0 aromatic heterocycles. The van der Waals surface area contributed by atoms with E-state index in [1.807, 2.05) is 11.0 Å². The molecule has 0 radical (unpaired) electrons. The summed E-state index contributed by atoms with van der Waals surface area (Å²) in [5, 5.41) is 2.64. The molecule has 5 nitrogen and oxygen atoms in total. The van der Waals surface area contributed by atoms with Gasteiger partial charge in [0.1, 0.15) is 0 Å². The van der Waals surface area contributed by atoms with Gasteiger partial charge in [-0.25, -0.2) is 0 Å². The maximum absolute atomic E-state index is 12.7. The SMILES string of the molecule is CNC(=O)CN1CCN(C(=O)c2ccc3c(c2)CCCC3)CC1. The van der Waals surface area contributed by atoms with Crippen LogP contribution >= 0.6 is 0 Å². The summed E-state index contributed by atoms with van der Waals surface area (Å²) in [6.07, 6.45) is 4.72. The number of hydrogen-bond donors (Lipinski definition) is 1. The lowest BCUT2D eigenvalue weighted by molar-refractivity contribution is -0.122. The van der Waals surface area contributed by atoms with E-state index in [-0.39, 0.29) is 11.8 Å². The summed E-state index contributed by atoms with van der Waals surface area (Å²) in [5.74, 6) is 0.150. The molecule has 1 aliphatic heterocycles. The third-order valence-electron chi connectivity index (χ3n) is 4.90. The number of nitrogens with one attached hydrogen (secondary N) is 1. The van der Waals surface area contributed by atoms with Gasteiger partial charge >= 0.3 is 0 Å². The number of nitrogens with zero attached hydrogens (tertiary/aromatic N) is 2. The molecule has 0 bridgehead atoms. The molecule has 1 heterocycles. The fraction of sp³-hybridized carbons (Fsp3) is 0.556. The van der Waals surface area contributed by atoms with Gasteiger partial charge in [0, 0.05) is 38.8 Å². The van der Waals surface area contributed by atoms with E-state index in [9.17, 15) is 9.59 Å². The van der Waals surface area contributed by atoms with Crippen molar-refractivity contribution in [2.45, 2.75) is 25.7 Å². The average Bonchev–Trinajstić information content (AvgIpc) is 2.61. The second kappa shape index (κ2) is 7.13. The van der Waals surface area contributed by atoms with Crippen molar-refractivity contribution < 1.29 is 9.59 Å². The van der Waals surface area contributed by atoms with Crippen LogP contribution in [-0.2, 0) is 17.6 Å². The summed E-state index contributed by atoms with van der Waals surface area (Å²) in [5.41, 5.74) is 3.56. The van der Waals surface area contributed by atoms with E-state index in [1.54, 1.807) is 7.05 Å². The number of carbonyl (C=O) groups is 2. The lowest BCUT2D eigenvalue weighted by atomic mass is 9.90. The van der Waals surface area contributed by atoms with E-state index < -0.39 is 0 Å². The van der Waals surface area contributed by atoms with Crippen LogP contribution < -0.4 is 5.32 Å². The number of hydrogen-bond acceptors (Lipinski definition) is 3. The second-order valence-electron chi connectivity index (χ2n) is 6.43. The largest absolute Gasteiger partial charge is 0.358 e. The molecule has 2 aliphatic rings. The maximum atomic E-state index is 12.7. The first kappa shape index (κ1) is 16.0. The minimum absolute atomic E-state index is 0.0273. The summed E-state index contributed by atoms with van der Waals surface area (Å²) >= 11 is 0. The molecule has 2 amide bonds. The van der Waals surface area contributed by atoms with Crippen LogP contribution in [0.3, 0.4) is 0 Å². The maximum Gasteiger partial charge on any atom is 0.253 e. The highest BCUT2D eigenvalue weighted by Gasteiger charge is 2.23. The number of carbonyl (C=O) groups excluding carboxylic acids is 2. The quantitative estimate of drug-likeness (QED) is 0.908. The molecule has 3 rings (SSSR count). The Kier molecular flexibility index (Phi) is 4.96. The standard InChI is InChI=1S/C18H25N3O2/c1-19-17(22)13-20-8-10-21(11-9-20)18(23)16-7-6-14-4-2-3-5-15(14)12-16/h6-7,12H,2-5,8-11,13H2,1H3,(H,19,22). The van der Waals surface area contributed by atoms with E-state index in [0.717, 1.165) is 31.5 Å². The Morgan fingerprint density at radius 2 is 1.74 bits per heavy atom. The fourth-order valence-corrected chi connectivity index (χ4v) is 3.44. The Labute approximate surface area is 137 Å². The van der Waals surface area contributed by atoms with Gasteiger partial charge < -0.3 is 10.2 Å². The Morgan fingerprint density at radius 1 is 1.04 bits per heavy atom. The average molecular weight is 315 g/mol. The first-order chi connectivity index (χ1) is 11.2. The van der Waals surface area contributed by atoms with Crippen LogP contribution in [0.2, 0.25) is 0 Å². The van der Waals surface area contributed by atoms with Gasteiger partial charge in [-0.1, -0.05) is 6.07 Å². The number of piperazine rings is 1. The molecular formula is C18H25N3O2. The summed E-state index contributed by atoms with van der Waals surface area (Å²) in [6.45, 7) is 3.30. The van der Waals surface area contributed by atoms with Crippen LogP contribution in [0.15, 0.2) is 18.2 Å². The molecule has 5 heteroatoms. The summed E-state index contributed by atoms with van der Waals surface area (Å²) < 4.78 is 0. The molecule has 1 fully saturated rings. The Bertz CT molecular complexity index is 592. The third kappa shape index (κ3) is 3.72. The molecule has 1 N–H and O–H groups in total. The monoisotopic (exact) mass is 315 g/mol. The molecule has 23 heavy (non-hydrogen) atoms. The van der Waals surface area contributed by atoms with Gasteiger partial charge in [-0.3, -0.25) is 14.5 Å². The van der Waals surface area contributed by atoms with E-state index in [0.29, 0.717) is 19.6 Å². The van der Waals surface area contributed by atoms with Crippen molar-refractivity contribution in [3.05, 3.63) is 34.9 Å². The topological polar surface area (TPSA) is 52.7 Å². The van der Waals surface area contributed by atoms with Crippen molar-refractivity contribution in [1.82, 2.24) is 15.1 Å². The first-order valence-corrected chi connectivity index (χ1v) is 8.51. The number of benzene rings is 1. The first-order valence-electron chi connectivity index (χ1n) is 8.51. The molecule has 0 atom stereocenters. The van der Waals surface area contributed by atoms with Crippen molar-refractivity contribution >= 4 is 11.8 Å². The number of amides is 2. The van der Waals surface area contributed by atoms with Crippen LogP contribution in [0.25, 0.3) is 0 Å². The van der Waals surface area contributed by atoms with E-state index in [1.165, 1.54) is 24.0 Å². The smallest absolute Gasteiger partial charge is 0.253 e. The molecule has 124 valence electrons. The summed E-state index contributed by atoms with van der Waals surface area (Å²) in [4.78, 5) is 28.1. The zero-order chi connectivity index (χ0) is 16.2. The summed E-state index contributed by atoms with van der Waals surface area (Å²) in [7, 11) is 1.65. The van der Waals surface area contributed by atoms with Crippen LogP contribution in [0, 0.1) is 0 Å². The van der Waals surface area contributed by atoms with Gasteiger partial charge in [0.15, 0.2) is 0 Å². The van der Waals surface area contributed by atoms with Gasteiger partial charge in [-0.2, -0.15) is 0 Å². The number of rotatable bonds is 3. The van der Waals surface area contributed by atoms with Crippen LogP contribution in [-0.4, -0.2) is 61.4 Å². The van der Waals surface area contributed by atoms with Crippen molar-refractivity contribution in [2.75, 3.05) is 39.8 Å². The van der Waals surface area contributed by atoms with Gasteiger partial charge in [-0.05, 0) is 48.9 Å². The van der Waals surface area contributed by atoms with Crippen molar-refractivity contribution in [3.8, 4) is 0 Å². The van der Waals surface area contributed by atoms with Crippen molar-refractivity contribution in [1.29, 1.82) is 0 Å². The van der Waals surface area contributed by atoms with E-state index >= 15 is 0 Å². The Hall–Kier alpha value is -1.88. The van der Waals surface area contributed by atoms with E-state index in [2.05, 4.69) is 22.3 Å². The Morgan fingerprint density at radius 3 is 2.43 bits per heavy atom. The zero-order valence-corrected chi connectivity index (χ0v) is 13.8. The van der Waals surface area contributed by atoms with Crippen LogP contribution in [0.1, 0.15) is 34.3 Å². The molecule has 1 aromatic carbocycles. The van der Waals surface area contributed by atoms with E-state index in [4.69, 9.17) is 0 Å². The zero-order valence-electron chi connectivity index (χ0n) is 13.8. The molecule has 0 unspecified atom stereocenters. The highest BCUT2D eigenvalue weighted by molar-refractivity contribution is 5.94. The number of likely N-dealkylation sites (N-methyl/N-ethyl adjacent to an activating group) is 1. The fourth-order valence-electron chi connectivity index (χ4n) is 3.44. The van der Waals surface area contributed by atoms with Crippen molar-refractivity contribution in [3.63, 3.8) is 0 Å². The third-order valence-corrected chi connectivity index (χ3v) is 4.90. The highest BCUT2D eigenvalue weighted by Crippen LogP contribution is 2.23. The minimum Gasteiger partial charge on any atom is -0.358 e. The van der Waals surface area contributed by atoms with Gasteiger partial charge in [0.2, 0.25) is 5.91 Å².